The fourth-order valence-corrected chi connectivity index (χ4v) is 4.05. The van der Waals surface area contributed by atoms with Gasteiger partial charge < -0.3 is 15.5 Å². The Morgan fingerprint density at radius 2 is 1.91 bits per heavy atom. The standard InChI is InChI=1S/C24H27N7O2S/c1-5-7-27-23(32)31-24-28-13-20(34-24)18-11-19(30-22(29-18)17(26)12-25)21-14(3)9-16(10-15(21)4)33-8-6-2/h5,9-13,25-26H,1,6-8H2,2-4H3,(H2,27,28,31,32). The molecule has 4 N–H and O–H groups in total. The lowest BCUT2D eigenvalue weighted by Gasteiger charge is -2.14. The van der Waals surface area contributed by atoms with E-state index in [4.69, 9.17) is 15.6 Å². The van der Waals surface area contributed by atoms with E-state index in [2.05, 4.69) is 39.1 Å². The summed E-state index contributed by atoms with van der Waals surface area (Å²) in [5, 5.41) is 21.3. The lowest BCUT2D eigenvalue weighted by atomic mass is 9.98. The number of anilines is 1. The van der Waals surface area contributed by atoms with Crippen LogP contribution in [-0.4, -0.2) is 46.1 Å². The van der Waals surface area contributed by atoms with Crippen LogP contribution in [0.25, 0.3) is 21.8 Å². The van der Waals surface area contributed by atoms with Crippen molar-refractivity contribution in [2.75, 3.05) is 18.5 Å². The number of benzene rings is 1. The minimum Gasteiger partial charge on any atom is -0.494 e. The molecule has 2 aromatic heterocycles. The van der Waals surface area contributed by atoms with E-state index in [-0.39, 0.29) is 17.6 Å². The highest BCUT2D eigenvalue weighted by Crippen LogP contribution is 2.34. The molecule has 0 aliphatic heterocycles. The third-order valence-electron chi connectivity index (χ3n) is 4.73. The van der Waals surface area contributed by atoms with Crippen molar-refractivity contribution in [2.45, 2.75) is 27.2 Å². The summed E-state index contributed by atoms with van der Waals surface area (Å²) in [4.78, 5) is 25.9. The summed E-state index contributed by atoms with van der Waals surface area (Å²) in [6.07, 6.45) is 5.03. The van der Waals surface area contributed by atoms with Crippen LogP contribution in [0.3, 0.4) is 0 Å². The van der Waals surface area contributed by atoms with Crippen LogP contribution in [-0.2, 0) is 0 Å². The summed E-state index contributed by atoms with van der Waals surface area (Å²) >= 11 is 1.25. The summed E-state index contributed by atoms with van der Waals surface area (Å²) in [5.41, 5.74) is 3.96. The molecule has 0 fully saturated rings. The molecule has 0 saturated carbocycles. The predicted molar refractivity (Wildman–Crippen MR) is 137 cm³/mol. The van der Waals surface area contributed by atoms with Crippen molar-refractivity contribution in [3.63, 3.8) is 0 Å². The van der Waals surface area contributed by atoms with Gasteiger partial charge in [0, 0.05) is 24.5 Å². The van der Waals surface area contributed by atoms with Gasteiger partial charge in [-0.05, 0) is 49.6 Å². The van der Waals surface area contributed by atoms with Crippen molar-refractivity contribution in [2.24, 2.45) is 0 Å². The van der Waals surface area contributed by atoms with E-state index in [0.29, 0.717) is 34.5 Å². The molecular weight excluding hydrogens is 450 g/mol. The maximum Gasteiger partial charge on any atom is 0.321 e. The molecule has 0 spiro atoms. The first-order valence-corrected chi connectivity index (χ1v) is 11.5. The van der Waals surface area contributed by atoms with Crippen molar-refractivity contribution in [1.29, 1.82) is 10.8 Å². The molecule has 0 aliphatic rings. The Morgan fingerprint density at radius 1 is 1.21 bits per heavy atom. The first-order chi connectivity index (χ1) is 16.4. The zero-order chi connectivity index (χ0) is 24.7. The van der Waals surface area contributed by atoms with Gasteiger partial charge in [0.05, 0.1) is 22.9 Å². The number of carbonyl (C=O) groups excluding carboxylic acids is 1. The maximum atomic E-state index is 11.9. The van der Waals surface area contributed by atoms with Crippen LogP contribution in [0.5, 0.6) is 5.75 Å². The highest BCUT2D eigenvalue weighted by Gasteiger charge is 2.17. The van der Waals surface area contributed by atoms with E-state index in [1.807, 2.05) is 32.0 Å². The summed E-state index contributed by atoms with van der Waals surface area (Å²) < 4.78 is 5.79. The van der Waals surface area contributed by atoms with Crippen LogP contribution < -0.4 is 15.4 Å². The van der Waals surface area contributed by atoms with Gasteiger partial charge in [-0.1, -0.05) is 24.3 Å². The van der Waals surface area contributed by atoms with Gasteiger partial charge >= 0.3 is 6.03 Å². The quantitative estimate of drug-likeness (QED) is 0.241. The smallest absolute Gasteiger partial charge is 0.321 e. The van der Waals surface area contributed by atoms with Gasteiger partial charge in [-0.15, -0.1) is 6.58 Å². The predicted octanol–water partition coefficient (Wildman–Crippen LogP) is 5.00. The van der Waals surface area contributed by atoms with E-state index in [9.17, 15) is 4.79 Å². The van der Waals surface area contributed by atoms with Gasteiger partial charge in [-0.25, -0.2) is 19.7 Å². The van der Waals surface area contributed by atoms with Crippen molar-refractivity contribution < 1.29 is 9.53 Å². The lowest BCUT2D eigenvalue weighted by molar-refractivity contribution is 0.253. The first-order valence-electron chi connectivity index (χ1n) is 10.7. The largest absolute Gasteiger partial charge is 0.494 e. The minimum absolute atomic E-state index is 0.104. The zero-order valence-corrected chi connectivity index (χ0v) is 20.2. The second-order valence-corrected chi connectivity index (χ2v) is 8.48. The molecule has 0 bridgehead atoms. The maximum absolute atomic E-state index is 11.9. The topological polar surface area (TPSA) is 137 Å². The molecule has 2 amide bonds. The van der Waals surface area contributed by atoms with E-state index < -0.39 is 0 Å². The van der Waals surface area contributed by atoms with Crippen LogP contribution in [0.1, 0.15) is 30.3 Å². The zero-order valence-electron chi connectivity index (χ0n) is 19.4. The van der Waals surface area contributed by atoms with Crippen LogP contribution in [0.2, 0.25) is 0 Å². The van der Waals surface area contributed by atoms with E-state index in [1.165, 1.54) is 11.3 Å². The third-order valence-corrected chi connectivity index (χ3v) is 5.67. The Bertz CT molecular complexity index is 1210. The molecular formula is C24H27N7O2S. The van der Waals surface area contributed by atoms with Crippen LogP contribution in [0, 0.1) is 24.7 Å². The van der Waals surface area contributed by atoms with Crippen LogP contribution >= 0.6 is 11.3 Å². The average molecular weight is 478 g/mol. The number of hydrogen-bond acceptors (Lipinski definition) is 8. The molecule has 3 rings (SSSR count). The number of hydrogen-bond donors (Lipinski definition) is 4. The molecule has 0 radical (unpaired) electrons. The first kappa shape index (κ1) is 24.7. The highest BCUT2D eigenvalue weighted by molar-refractivity contribution is 7.19. The Kier molecular flexibility index (Phi) is 8.20. The summed E-state index contributed by atoms with van der Waals surface area (Å²) in [6.45, 7) is 10.6. The van der Waals surface area contributed by atoms with E-state index in [0.717, 1.165) is 35.1 Å². The molecule has 3 aromatic rings. The monoisotopic (exact) mass is 477 g/mol. The molecule has 0 unspecified atom stereocenters. The van der Waals surface area contributed by atoms with Gasteiger partial charge in [0.25, 0.3) is 0 Å². The number of thiazole rings is 1. The number of nitrogens with one attached hydrogen (secondary N) is 4. The molecule has 0 atom stereocenters. The number of nitrogens with zero attached hydrogens (tertiary/aromatic N) is 3. The Balaban J connectivity index is 2.02. The SMILES string of the molecule is C=CCNC(=O)Nc1ncc(-c2cc(-c3c(C)cc(OCCC)cc3C)nc(C(=N)C=N)n2)s1. The molecule has 0 aliphatic carbocycles. The summed E-state index contributed by atoms with van der Waals surface area (Å²) in [7, 11) is 0. The number of rotatable bonds is 10. The number of urea groups is 1. The number of aromatic nitrogens is 3. The Hall–Kier alpha value is -3.92. The number of ether oxygens (including phenoxy) is 1. The molecule has 34 heavy (non-hydrogen) atoms. The fraction of sp³-hybridized carbons (Fsp3) is 0.250. The molecule has 9 nitrogen and oxygen atoms in total. The fourth-order valence-electron chi connectivity index (χ4n) is 3.27. The molecule has 2 heterocycles. The van der Waals surface area contributed by atoms with Crippen molar-refractivity contribution in [3.05, 3.63) is 54.0 Å². The molecule has 1 aromatic carbocycles. The molecule has 0 saturated heterocycles. The average Bonchev–Trinajstić information content (AvgIpc) is 3.28. The molecule has 10 heteroatoms. The number of carbonyl (C=O) groups is 1. The van der Waals surface area contributed by atoms with Gasteiger partial charge in [0.2, 0.25) is 0 Å². The third kappa shape index (κ3) is 5.90. The van der Waals surface area contributed by atoms with Gasteiger partial charge in [-0.3, -0.25) is 10.7 Å². The molecule has 176 valence electrons. The van der Waals surface area contributed by atoms with E-state index in [1.54, 1.807) is 12.3 Å². The van der Waals surface area contributed by atoms with E-state index >= 15 is 0 Å². The number of amides is 2. The van der Waals surface area contributed by atoms with Gasteiger partial charge in [-0.2, -0.15) is 0 Å². The Labute approximate surface area is 202 Å². The Morgan fingerprint density at radius 3 is 2.56 bits per heavy atom. The highest BCUT2D eigenvalue weighted by atomic mass is 32.1. The summed E-state index contributed by atoms with van der Waals surface area (Å²) in [6, 6.07) is 5.39. The van der Waals surface area contributed by atoms with Crippen LogP contribution in [0.4, 0.5) is 9.93 Å². The second-order valence-electron chi connectivity index (χ2n) is 7.45. The van der Waals surface area contributed by atoms with Crippen molar-refractivity contribution in [1.82, 2.24) is 20.3 Å². The summed E-state index contributed by atoms with van der Waals surface area (Å²) in [5.74, 6) is 0.939. The second kappa shape index (κ2) is 11.3. The van der Waals surface area contributed by atoms with Crippen LogP contribution in [0.15, 0.2) is 37.1 Å². The van der Waals surface area contributed by atoms with Gasteiger partial charge in [0.15, 0.2) is 11.0 Å². The number of aryl methyl sites for hydroxylation is 2. The normalized spacial score (nSPS) is 10.4. The minimum atomic E-state index is -0.382. The van der Waals surface area contributed by atoms with Crippen molar-refractivity contribution in [3.8, 4) is 27.6 Å². The lowest BCUT2D eigenvalue weighted by Crippen LogP contribution is -2.28. The van der Waals surface area contributed by atoms with Gasteiger partial charge in [0.1, 0.15) is 11.5 Å². The van der Waals surface area contributed by atoms with Crippen molar-refractivity contribution >= 4 is 34.4 Å².